The van der Waals surface area contributed by atoms with Crippen LogP contribution < -0.4 is 10.6 Å². The summed E-state index contributed by atoms with van der Waals surface area (Å²) in [5.41, 5.74) is 2.30. The van der Waals surface area contributed by atoms with Gasteiger partial charge in [0.2, 0.25) is 5.91 Å². The molecule has 5 nitrogen and oxygen atoms in total. The maximum atomic E-state index is 12.8. The minimum atomic E-state index is -1.20. The topological polar surface area (TPSA) is 78.4 Å². The van der Waals surface area contributed by atoms with E-state index in [9.17, 15) is 14.7 Å². The predicted molar refractivity (Wildman–Crippen MR) is 105 cm³/mol. The molecule has 3 rings (SSSR count). The van der Waals surface area contributed by atoms with Crippen LogP contribution in [-0.4, -0.2) is 23.0 Å². The third kappa shape index (κ3) is 4.38. The van der Waals surface area contributed by atoms with Crippen LogP contribution in [-0.2, 0) is 21.5 Å². The van der Waals surface area contributed by atoms with Crippen molar-refractivity contribution in [3.63, 3.8) is 0 Å². The number of carboxylic acids is 1. The summed E-state index contributed by atoms with van der Waals surface area (Å²) >= 11 is 5.85. The maximum absolute atomic E-state index is 12.8. The van der Waals surface area contributed by atoms with Gasteiger partial charge >= 0.3 is 5.97 Å². The first-order chi connectivity index (χ1) is 12.8. The molecule has 0 fully saturated rings. The molecule has 3 N–H and O–H groups in total. The van der Waals surface area contributed by atoms with Crippen LogP contribution in [0.1, 0.15) is 30.5 Å². The monoisotopic (exact) mass is 384 g/mol. The molecule has 2 aromatic carbocycles. The molecular formula is C21H21ClN2O3. The quantitative estimate of drug-likeness (QED) is 0.706. The van der Waals surface area contributed by atoms with Gasteiger partial charge in [-0.2, -0.15) is 0 Å². The zero-order valence-electron chi connectivity index (χ0n) is 15.1. The van der Waals surface area contributed by atoms with Gasteiger partial charge < -0.3 is 10.4 Å². The van der Waals surface area contributed by atoms with Crippen molar-refractivity contribution in [2.45, 2.75) is 31.8 Å². The average molecular weight is 385 g/mol. The van der Waals surface area contributed by atoms with Crippen molar-refractivity contribution in [1.82, 2.24) is 10.6 Å². The number of aliphatic carboxylic acids is 1. The average Bonchev–Trinajstić information content (AvgIpc) is 2.62. The fourth-order valence-electron chi connectivity index (χ4n) is 3.35. The van der Waals surface area contributed by atoms with E-state index in [1.165, 1.54) is 6.08 Å². The second kappa shape index (κ2) is 7.55. The lowest BCUT2D eigenvalue weighted by atomic mass is 9.82. The third-order valence-electron chi connectivity index (χ3n) is 4.64. The van der Waals surface area contributed by atoms with E-state index in [4.69, 9.17) is 11.6 Å². The van der Waals surface area contributed by atoms with Gasteiger partial charge in [-0.3, -0.25) is 10.1 Å². The molecule has 140 valence electrons. The Bertz CT molecular complexity index is 904. The van der Waals surface area contributed by atoms with E-state index in [-0.39, 0.29) is 17.1 Å². The summed E-state index contributed by atoms with van der Waals surface area (Å²) in [6.45, 7) is 4.01. The minimum Gasteiger partial charge on any atom is -0.477 e. The molecule has 1 heterocycles. The van der Waals surface area contributed by atoms with Crippen molar-refractivity contribution in [3.8, 4) is 0 Å². The third-order valence-corrected chi connectivity index (χ3v) is 4.89. The first-order valence-corrected chi connectivity index (χ1v) is 9.01. The first kappa shape index (κ1) is 19.1. The Morgan fingerprint density at radius 3 is 2.52 bits per heavy atom. The largest absolute Gasteiger partial charge is 0.477 e. The number of carbonyl (C=O) groups excluding carboxylic acids is 1. The van der Waals surface area contributed by atoms with E-state index in [1.54, 1.807) is 24.3 Å². The molecule has 6 heteroatoms. The highest BCUT2D eigenvalue weighted by atomic mass is 35.5. The fourth-order valence-corrected chi connectivity index (χ4v) is 3.47. The maximum Gasteiger partial charge on any atom is 0.352 e. The van der Waals surface area contributed by atoms with E-state index in [0.717, 1.165) is 11.1 Å². The lowest BCUT2D eigenvalue weighted by Gasteiger charge is -2.38. The Balaban J connectivity index is 1.81. The van der Waals surface area contributed by atoms with E-state index in [2.05, 4.69) is 10.6 Å². The summed E-state index contributed by atoms with van der Waals surface area (Å²) in [4.78, 5) is 24.3. The zero-order chi connectivity index (χ0) is 19.6. The number of nitrogens with one attached hydrogen (secondary N) is 2. The molecule has 0 radical (unpaired) electrons. The molecule has 0 aromatic heterocycles. The normalized spacial score (nSPS) is 18.5. The van der Waals surface area contributed by atoms with E-state index in [0.29, 0.717) is 17.0 Å². The molecule has 1 unspecified atom stereocenters. The minimum absolute atomic E-state index is 0.180. The van der Waals surface area contributed by atoms with Crippen LogP contribution in [0.25, 0.3) is 6.08 Å². The van der Waals surface area contributed by atoms with Gasteiger partial charge in [-0.15, -0.1) is 0 Å². The smallest absolute Gasteiger partial charge is 0.352 e. The number of fused-ring (bicyclic) bond motifs is 1. The molecule has 0 spiro atoms. The molecule has 27 heavy (non-hydrogen) atoms. The number of hydrogen-bond acceptors (Lipinski definition) is 3. The van der Waals surface area contributed by atoms with Crippen LogP contribution in [0, 0.1) is 0 Å². The molecule has 1 amide bonds. The van der Waals surface area contributed by atoms with E-state index >= 15 is 0 Å². The van der Waals surface area contributed by atoms with Crippen molar-refractivity contribution >= 4 is 29.6 Å². The molecule has 0 aliphatic carbocycles. The van der Waals surface area contributed by atoms with Gasteiger partial charge in [0.15, 0.2) is 0 Å². The number of carboxylic acid groups (broad SMARTS) is 1. The summed E-state index contributed by atoms with van der Waals surface area (Å²) in [6.07, 6.45) is 1.91. The van der Waals surface area contributed by atoms with Gasteiger partial charge in [-0.25, -0.2) is 4.79 Å². The fraction of sp³-hybridized carbons (Fsp3) is 0.238. The Morgan fingerprint density at radius 1 is 1.19 bits per heavy atom. The highest BCUT2D eigenvalue weighted by Gasteiger charge is 2.35. The van der Waals surface area contributed by atoms with Crippen LogP contribution in [0.15, 0.2) is 54.2 Å². The molecule has 0 bridgehead atoms. The lowest BCUT2D eigenvalue weighted by Crippen LogP contribution is -2.55. The van der Waals surface area contributed by atoms with Crippen molar-refractivity contribution < 1.29 is 14.7 Å². The SMILES string of the molecule is CC1(C)NC(C(=O)N/C(=C/c2ccc(Cl)cc2)C(=O)O)Cc2ccccc21. The van der Waals surface area contributed by atoms with Crippen LogP contribution in [0.4, 0.5) is 0 Å². The Labute approximate surface area is 163 Å². The highest BCUT2D eigenvalue weighted by Crippen LogP contribution is 2.30. The predicted octanol–water partition coefficient (Wildman–Crippen LogP) is 3.33. The van der Waals surface area contributed by atoms with E-state index < -0.39 is 12.0 Å². The Kier molecular flexibility index (Phi) is 5.35. The number of hydrogen-bond donors (Lipinski definition) is 3. The first-order valence-electron chi connectivity index (χ1n) is 8.64. The molecule has 0 saturated carbocycles. The van der Waals surface area contributed by atoms with Crippen molar-refractivity contribution in [1.29, 1.82) is 0 Å². The summed E-state index contributed by atoms with van der Waals surface area (Å²) in [6, 6.07) is 14.1. The molecule has 1 aliphatic rings. The van der Waals surface area contributed by atoms with Gasteiger partial charge in [-0.1, -0.05) is 48.0 Å². The standard InChI is InChI=1S/C21H21ClN2O3/c1-21(2)16-6-4-3-5-14(16)12-17(24-21)19(25)23-18(20(26)27)11-13-7-9-15(22)10-8-13/h3-11,17,24H,12H2,1-2H3,(H,23,25)(H,26,27)/b18-11+. The number of benzene rings is 2. The Hall–Kier alpha value is -2.63. The summed E-state index contributed by atoms with van der Waals surface area (Å²) in [5.74, 6) is -1.58. The summed E-state index contributed by atoms with van der Waals surface area (Å²) < 4.78 is 0. The number of rotatable bonds is 4. The number of halogens is 1. The van der Waals surface area contributed by atoms with E-state index in [1.807, 2.05) is 38.1 Å². The van der Waals surface area contributed by atoms with Gasteiger partial charge in [0.25, 0.3) is 0 Å². The lowest BCUT2D eigenvalue weighted by molar-refractivity contribution is -0.135. The van der Waals surface area contributed by atoms with Gasteiger partial charge in [-0.05, 0) is 55.2 Å². The van der Waals surface area contributed by atoms with Gasteiger partial charge in [0, 0.05) is 10.6 Å². The summed E-state index contributed by atoms with van der Waals surface area (Å²) in [5, 5.41) is 15.9. The van der Waals surface area contributed by atoms with Crippen molar-refractivity contribution in [2.75, 3.05) is 0 Å². The molecular weight excluding hydrogens is 364 g/mol. The van der Waals surface area contributed by atoms with Crippen LogP contribution in [0.3, 0.4) is 0 Å². The van der Waals surface area contributed by atoms with Crippen molar-refractivity contribution in [2.24, 2.45) is 0 Å². The van der Waals surface area contributed by atoms with Crippen LogP contribution in [0.2, 0.25) is 5.02 Å². The highest BCUT2D eigenvalue weighted by molar-refractivity contribution is 6.30. The second-order valence-electron chi connectivity index (χ2n) is 7.09. The zero-order valence-corrected chi connectivity index (χ0v) is 15.9. The van der Waals surface area contributed by atoms with Crippen LogP contribution >= 0.6 is 11.6 Å². The molecule has 0 saturated heterocycles. The van der Waals surface area contributed by atoms with Gasteiger partial charge in [0.1, 0.15) is 5.70 Å². The number of carbonyl (C=O) groups is 2. The number of amides is 1. The summed E-state index contributed by atoms with van der Waals surface area (Å²) in [7, 11) is 0. The van der Waals surface area contributed by atoms with Crippen LogP contribution in [0.5, 0.6) is 0 Å². The molecule has 1 aliphatic heterocycles. The molecule has 1 atom stereocenters. The van der Waals surface area contributed by atoms with Gasteiger partial charge in [0.05, 0.1) is 6.04 Å². The molecule has 2 aromatic rings. The van der Waals surface area contributed by atoms with Crippen molar-refractivity contribution in [3.05, 3.63) is 75.9 Å². The Morgan fingerprint density at radius 2 is 1.85 bits per heavy atom. The second-order valence-corrected chi connectivity index (χ2v) is 7.52.